The Morgan fingerprint density at radius 3 is 2.39 bits per heavy atom. The van der Waals surface area contributed by atoms with Crippen molar-refractivity contribution >= 4 is 18.2 Å². The predicted molar refractivity (Wildman–Crippen MR) is 66.8 cm³/mol. The van der Waals surface area contributed by atoms with E-state index in [-0.39, 0.29) is 0 Å². The molecule has 1 saturated heterocycles. The van der Waals surface area contributed by atoms with Gasteiger partial charge in [-0.2, -0.15) is 0 Å². The van der Waals surface area contributed by atoms with Crippen molar-refractivity contribution in [1.82, 2.24) is 0 Å². The van der Waals surface area contributed by atoms with E-state index in [1.54, 1.807) is 30.3 Å². The lowest BCUT2D eigenvalue weighted by Gasteiger charge is -2.08. The quantitative estimate of drug-likeness (QED) is 0.268. The highest BCUT2D eigenvalue weighted by Gasteiger charge is 2.19. The number of ether oxygens (including phenoxy) is 1. The van der Waals surface area contributed by atoms with E-state index in [4.69, 9.17) is 4.74 Å². The third-order valence-corrected chi connectivity index (χ3v) is 2.92. The third kappa shape index (κ3) is 3.26. The molecule has 0 amide bonds. The van der Waals surface area contributed by atoms with Crippen LogP contribution < -0.4 is 0 Å². The number of esters is 1. The smallest absolute Gasteiger partial charge is 0.371 e. The Hall–Kier alpha value is -1.97. The van der Waals surface area contributed by atoms with Crippen molar-refractivity contribution in [3.63, 3.8) is 0 Å². The largest absolute Gasteiger partial charge is 0.388 e. The van der Waals surface area contributed by atoms with Crippen LogP contribution in [0.1, 0.15) is 29.6 Å². The Labute approximate surface area is 106 Å². The van der Waals surface area contributed by atoms with Crippen molar-refractivity contribution in [3.8, 4) is 0 Å². The van der Waals surface area contributed by atoms with Gasteiger partial charge in [0.2, 0.25) is 0 Å². The molecule has 0 spiro atoms. The summed E-state index contributed by atoms with van der Waals surface area (Å²) in [5, 5.41) is 0. The topological polar surface area (TPSA) is 46.4 Å². The monoisotopic (exact) mass is 246 g/mol. The number of piperidine rings is 1. The lowest BCUT2D eigenvalue weighted by molar-refractivity contribution is -0.539. The molecule has 2 rings (SSSR count). The number of nitrogens with zero attached hydrogens (tertiary/aromatic N) is 1. The van der Waals surface area contributed by atoms with E-state index < -0.39 is 11.8 Å². The molecule has 1 aromatic rings. The number of benzene rings is 1. The Morgan fingerprint density at radius 1 is 1.06 bits per heavy atom. The first-order valence-electron chi connectivity index (χ1n) is 6.15. The summed E-state index contributed by atoms with van der Waals surface area (Å²) >= 11 is 0. The van der Waals surface area contributed by atoms with Crippen molar-refractivity contribution in [2.45, 2.75) is 19.3 Å². The number of hydrogen-bond acceptors (Lipinski definition) is 3. The number of carbonyl (C=O) groups excluding carboxylic acids is 2. The second-order valence-electron chi connectivity index (χ2n) is 4.30. The van der Waals surface area contributed by atoms with Crippen molar-refractivity contribution in [2.24, 2.45) is 0 Å². The van der Waals surface area contributed by atoms with Gasteiger partial charge in [0.15, 0.2) is 0 Å². The third-order valence-electron chi connectivity index (χ3n) is 2.92. The van der Waals surface area contributed by atoms with E-state index in [1.165, 1.54) is 12.8 Å². The van der Waals surface area contributed by atoms with Gasteiger partial charge in [0.1, 0.15) is 13.1 Å². The second-order valence-corrected chi connectivity index (χ2v) is 4.30. The van der Waals surface area contributed by atoms with Crippen LogP contribution in [0.25, 0.3) is 0 Å². The van der Waals surface area contributed by atoms with Crippen molar-refractivity contribution in [3.05, 3.63) is 35.9 Å². The summed E-state index contributed by atoms with van der Waals surface area (Å²) in [5.74, 6) is -1.43. The zero-order chi connectivity index (χ0) is 12.8. The molecule has 0 N–H and O–H groups in total. The second kappa shape index (κ2) is 6.10. The summed E-state index contributed by atoms with van der Waals surface area (Å²) < 4.78 is 6.84. The van der Waals surface area contributed by atoms with Crippen LogP contribution in [0.15, 0.2) is 30.3 Å². The molecule has 0 aliphatic carbocycles. The number of carbonyl (C=O) groups is 2. The summed E-state index contributed by atoms with van der Waals surface area (Å²) in [6, 6.07) is 8.43. The van der Waals surface area contributed by atoms with Crippen molar-refractivity contribution < 1.29 is 18.9 Å². The Morgan fingerprint density at radius 2 is 1.72 bits per heavy atom. The van der Waals surface area contributed by atoms with Crippen LogP contribution >= 0.6 is 0 Å². The minimum Gasteiger partial charge on any atom is -0.371 e. The first-order chi connectivity index (χ1) is 8.77. The van der Waals surface area contributed by atoms with Gasteiger partial charge in [-0.3, -0.25) is 4.79 Å². The van der Waals surface area contributed by atoms with Crippen LogP contribution in [-0.2, 0) is 9.53 Å². The first-order valence-corrected chi connectivity index (χ1v) is 6.15. The van der Waals surface area contributed by atoms with Gasteiger partial charge in [-0.05, 0) is 6.42 Å². The van der Waals surface area contributed by atoms with Gasteiger partial charge in [0.05, 0.1) is 0 Å². The van der Waals surface area contributed by atoms with Crippen LogP contribution in [0, 0.1) is 0 Å². The van der Waals surface area contributed by atoms with Gasteiger partial charge in [-0.1, -0.05) is 30.3 Å². The molecular weight excluding hydrogens is 230 g/mol. The molecule has 0 radical (unpaired) electrons. The molecule has 94 valence electrons. The molecule has 0 unspecified atom stereocenters. The highest BCUT2D eigenvalue weighted by Crippen LogP contribution is 2.04. The normalized spacial score (nSPS) is 15.0. The van der Waals surface area contributed by atoms with E-state index in [0.717, 1.165) is 25.9 Å². The van der Waals surface area contributed by atoms with Gasteiger partial charge in [-0.15, -0.1) is 0 Å². The van der Waals surface area contributed by atoms with E-state index in [2.05, 4.69) is 0 Å². The highest BCUT2D eigenvalue weighted by molar-refractivity contribution is 6.41. The number of Topliss-reactive ketones (excluding diaryl/α,β-unsaturated/α-hetero) is 1. The van der Waals surface area contributed by atoms with Crippen LogP contribution in [0.5, 0.6) is 0 Å². The molecule has 0 saturated carbocycles. The Balaban J connectivity index is 1.94. The van der Waals surface area contributed by atoms with Crippen LogP contribution in [0.3, 0.4) is 0 Å². The Kier molecular flexibility index (Phi) is 4.23. The summed E-state index contributed by atoms with van der Waals surface area (Å²) in [4.78, 5) is 23.3. The lowest BCUT2D eigenvalue weighted by atomic mass is 10.1. The molecule has 1 fully saturated rings. The average Bonchev–Trinajstić information content (AvgIpc) is 2.46. The fraction of sp³-hybridized carbons (Fsp3) is 0.357. The lowest BCUT2D eigenvalue weighted by Crippen LogP contribution is -2.25. The molecule has 4 nitrogen and oxygen atoms in total. The summed E-state index contributed by atoms with van der Waals surface area (Å²) in [7, 11) is 0. The zero-order valence-corrected chi connectivity index (χ0v) is 10.2. The maximum atomic E-state index is 11.7. The minimum atomic E-state index is -0.827. The van der Waals surface area contributed by atoms with Crippen LogP contribution in [0.2, 0.25) is 0 Å². The van der Waals surface area contributed by atoms with Gasteiger partial charge >= 0.3 is 12.4 Å². The van der Waals surface area contributed by atoms with Crippen molar-refractivity contribution in [2.75, 3.05) is 13.1 Å². The molecule has 1 aliphatic rings. The maximum absolute atomic E-state index is 11.7. The first kappa shape index (κ1) is 12.5. The van der Waals surface area contributed by atoms with Crippen LogP contribution in [-0.4, -0.2) is 35.8 Å². The molecular formula is C14H16NO3+. The standard InChI is InChI=1S/C14H16NO3/c16-13(12-7-3-1-4-8-12)14(17)18-11-15-9-5-2-6-10-15/h1,3-4,7-8,11H,2,5-6,9-10H2/q+1. The fourth-order valence-electron chi connectivity index (χ4n) is 1.91. The van der Waals surface area contributed by atoms with Gasteiger partial charge in [0, 0.05) is 18.4 Å². The number of rotatable bonds is 3. The molecule has 4 heteroatoms. The van der Waals surface area contributed by atoms with Gasteiger partial charge < -0.3 is 4.74 Å². The summed E-state index contributed by atoms with van der Waals surface area (Å²) in [6.45, 7) is 1.76. The molecule has 0 atom stereocenters. The Bertz CT molecular complexity index is 457. The van der Waals surface area contributed by atoms with E-state index in [0.29, 0.717) is 5.56 Å². The van der Waals surface area contributed by atoms with E-state index >= 15 is 0 Å². The molecule has 1 heterocycles. The minimum absolute atomic E-state index is 0.356. The molecule has 0 bridgehead atoms. The molecule has 0 aromatic heterocycles. The summed E-state index contributed by atoms with van der Waals surface area (Å²) in [6.07, 6.45) is 4.78. The highest BCUT2D eigenvalue weighted by atomic mass is 16.5. The number of ketones is 1. The van der Waals surface area contributed by atoms with Crippen molar-refractivity contribution in [1.29, 1.82) is 0 Å². The SMILES string of the molecule is O=C(OC=[N+]1CCCCC1)C(=O)c1ccccc1. The van der Waals surface area contributed by atoms with Gasteiger partial charge in [-0.25, -0.2) is 9.37 Å². The fourth-order valence-corrected chi connectivity index (χ4v) is 1.91. The number of hydrogen-bond donors (Lipinski definition) is 0. The zero-order valence-electron chi connectivity index (χ0n) is 10.2. The molecule has 1 aliphatic heterocycles. The van der Waals surface area contributed by atoms with E-state index in [1.807, 2.05) is 4.58 Å². The van der Waals surface area contributed by atoms with Gasteiger partial charge in [0.25, 0.3) is 5.78 Å². The summed E-state index contributed by atoms with van der Waals surface area (Å²) in [5.41, 5.74) is 0.356. The van der Waals surface area contributed by atoms with E-state index in [9.17, 15) is 9.59 Å². The molecule has 18 heavy (non-hydrogen) atoms. The predicted octanol–water partition coefficient (Wildman–Crippen LogP) is 1.64. The molecule has 1 aromatic carbocycles. The maximum Gasteiger partial charge on any atom is 0.388 e. The average molecular weight is 246 g/mol. The van der Waals surface area contributed by atoms with Crippen LogP contribution in [0.4, 0.5) is 0 Å².